The fourth-order valence-corrected chi connectivity index (χ4v) is 3.15. The van der Waals surface area contributed by atoms with Gasteiger partial charge in [0.25, 0.3) is 0 Å². The first kappa shape index (κ1) is 13.9. The Morgan fingerprint density at radius 3 is 2.00 bits per heavy atom. The van der Waals surface area contributed by atoms with Crippen molar-refractivity contribution >= 4 is 17.5 Å². The van der Waals surface area contributed by atoms with Crippen LogP contribution in [0.1, 0.15) is 26.7 Å². The summed E-state index contributed by atoms with van der Waals surface area (Å²) in [6.45, 7) is 3.90. The van der Waals surface area contributed by atoms with Crippen LogP contribution >= 0.6 is 0 Å². The highest BCUT2D eigenvalue weighted by Crippen LogP contribution is 2.42. The molecule has 1 aliphatic carbocycles. The monoisotopic (exact) mass is 291 g/mol. The van der Waals surface area contributed by atoms with Gasteiger partial charge in [-0.15, -0.1) is 0 Å². The van der Waals surface area contributed by atoms with Gasteiger partial charge in [0.2, 0.25) is 11.8 Å². The number of carbonyl (C=O) groups excluding carboxylic acids is 2. The van der Waals surface area contributed by atoms with Crippen LogP contribution in [0.25, 0.3) is 0 Å². The van der Waals surface area contributed by atoms with Gasteiger partial charge in [0, 0.05) is 6.07 Å². The lowest BCUT2D eigenvalue weighted by molar-refractivity contribution is -0.122. The number of nitrogens with zero attached hydrogens (tertiary/aromatic N) is 1. The molecule has 0 N–H and O–H groups in total. The summed E-state index contributed by atoms with van der Waals surface area (Å²) in [6, 6.07) is 2.88. The molecule has 1 saturated heterocycles. The van der Waals surface area contributed by atoms with Crippen LogP contribution in [-0.2, 0) is 9.59 Å². The standard InChI is InChI=1S/C16H15F2NO2/c1-8-5-11-12(6-9(8)2)16(21)19(15(11)20)14-4-3-10(17)7-13(14)18/h3-4,7,11-12H,5-6H2,1-2H3/t11-,12-/m1/s1. The van der Waals surface area contributed by atoms with E-state index in [1.54, 1.807) is 0 Å². The summed E-state index contributed by atoms with van der Waals surface area (Å²) >= 11 is 0. The van der Waals surface area contributed by atoms with Crippen LogP contribution in [0.5, 0.6) is 0 Å². The van der Waals surface area contributed by atoms with Crippen LogP contribution in [0.3, 0.4) is 0 Å². The summed E-state index contributed by atoms with van der Waals surface area (Å²) in [4.78, 5) is 25.8. The van der Waals surface area contributed by atoms with E-state index in [1.165, 1.54) is 0 Å². The van der Waals surface area contributed by atoms with Crippen molar-refractivity contribution in [3.8, 4) is 0 Å². The minimum absolute atomic E-state index is 0.156. The third-order valence-electron chi connectivity index (χ3n) is 4.49. The minimum atomic E-state index is -0.892. The molecule has 0 spiro atoms. The smallest absolute Gasteiger partial charge is 0.238 e. The van der Waals surface area contributed by atoms with Gasteiger partial charge in [0.05, 0.1) is 17.5 Å². The Morgan fingerprint density at radius 2 is 1.52 bits per heavy atom. The predicted octanol–water partition coefficient (Wildman–Crippen LogP) is 3.20. The van der Waals surface area contributed by atoms with Crippen molar-refractivity contribution < 1.29 is 18.4 Å². The molecular weight excluding hydrogens is 276 g/mol. The molecule has 5 heteroatoms. The van der Waals surface area contributed by atoms with Gasteiger partial charge in [-0.25, -0.2) is 13.7 Å². The normalized spacial score (nSPS) is 25.6. The fraction of sp³-hybridized carbons (Fsp3) is 0.375. The Kier molecular flexibility index (Phi) is 3.15. The lowest BCUT2D eigenvalue weighted by Crippen LogP contribution is -2.31. The van der Waals surface area contributed by atoms with Crippen molar-refractivity contribution in [3.63, 3.8) is 0 Å². The van der Waals surface area contributed by atoms with Crippen molar-refractivity contribution in [2.24, 2.45) is 11.8 Å². The van der Waals surface area contributed by atoms with E-state index in [4.69, 9.17) is 0 Å². The van der Waals surface area contributed by atoms with Crippen molar-refractivity contribution in [1.82, 2.24) is 0 Å². The summed E-state index contributed by atoms with van der Waals surface area (Å²) in [5.41, 5.74) is 2.06. The van der Waals surface area contributed by atoms with E-state index >= 15 is 0 Å². The van der Waals surface area contributed by atoms with E-state index in [9.17, 15) is 18.4 Å². The molecule has 0 saturated carbocycles. The minimum Gasteiger partial charge on any atom is -0.274 e. The number of amides is 2. The first-order valence-corrected chi connectivity index (χ1v) is 6.88. The molecule has 2 amide bonds. The Labute approximate surface area is 121 Å². The number of benzene rings is 1. The topological polar surface area (TPSA) is 37.4 Å². The first-order valence-electron chi connectivity index (χ1n) is 6.88. The number of halogens is 2. The Bertz CT molecular complexity index is 649. The lowest BCUT2D eigenvalue weighted by atomic mass is 9.78. The van der Waals surface area contributed by atoms with Crippen LogP contribution in [0.4, 0.5) is 14.5 Å². The van der Waals surface area contributed by atoms with Gasteiger partial charge in [0.1, 0.15) is 11.6 Å². The Morgan fingerprint density at radius 1 is 1.00 bits per heavy atom. The van der Waals surface area contributed by atoms with Gasteiger partial charge < -0.3 is 0 Å². The summed E-state index contributed by atoms with van der Waals surface area (Å²) in [6.07, 6.45) is 1.06. The maximum absolute atomic E-state index is 13.9. The zero-order valence-corrected chi connectivity index (χ0v) is 11.8. The van der Waals surface area contributed by atoms with Gasteiger partial charge in [0.15, 0.2) is 0 Å². The van der Waals surface area contributed by atoms with Crippen LogP contribution < -0.4 is 4.90 Å². The van der Waals surface area contributed by atoms with Gasteiger partial charge in [-0.1, -0.05) is 11.1 Å². The highest BCUT2D eigenvalue weighted by Gasteiger charge is 2.50. The molecule has 1 aromatic carbocycles. The third-order valence-corrected chi connectivity index (χ3v) is 4.49. The predicted molar refractivity (Wildman–Crippen MR) is 73.4 cm³/mol. The van der Waals surface area contributed by atoms with E-state index in [2.05, 4.69) is 0 Å². The molecule has 1 aromatic rings. The number of rotatable bonds is 1. The molecule has 2 aliphatic rings. The van der Waals surface area contributed by atoms with Crippen LogP contribution in [0.2, 0.25) is 0 Å². The largest absolute Gasteiger partial charge is 0.274 e. The maximum Gasteiger partial charge on any atom is 0.238 e. The highest BCUT2D eigenvalue weighted by atomic mass is 19.1. The van der Waals surface area contributed by atoms with E-state index in [-0.39, 0.29) is 17.5 Å². The summed E-state index contributed by atoms with van der Waals surface area (Å²) < 4.78 is 26.9. The average molecular weight is 291 g/mol. The molecular formula is C16H15F2NO2. The molecule has 110 valence electrons. The number of hydrogen-bond donors (Lipinski definition) is 0. The van der Waals surface area contributed by atoms with Crippen molar-refractivity contribution in [2.75, 3.05) is 4.90 Å². The van der Waals surface area contributed by atoms with E-state index in [1.807, 2.05) is 13.8 Å². The number of carbonyl (C=O) groups is 2. The number of fused-ring (bicyclic) bond motifs is 1. The van der Waals surface area contributed by atoms with Gasteiger partial charge in [-0.3, -0.25) is 9.59 Å². The van der Waals surface area contributed by atoms with Gasteiger partial charge in [-0.2, -0.15) is 0 Å². The molecule has 1 fully saturated rings. The van der Waals surface area contributed by atoms with Crippen LogP contribution in [0.15, 0.2) is 29.3 Å². The second kappa shape index (κ2) is 4.76. The molecule has 0 aromatic heterocycles. The molecule has 2 atom stereocenters. The second-order valence-electron chi connectivity index (χ2n) is 5.79. The number of imide groups is 1. The molecule has 0 unspecified atom stereocenters. The van der Waals surface area contributed by atoms with E-state index < -0.39 is 23.5 Å². The summed E-state index contributed by atoms with van der Waals surface area (Å²) in [7, 11) is 0. The van der Waals surface area contributed by atoms with Gasteiger partial charge >= 0.3 is 0 Å². The summed E-state index contributed by atoms with van der Waals surface area (Å²) in [5, 5.41) is 0. The quantitative estimate of drug-likeness (QED) is 0.588. The molecule has 1 aliphatic heterocycles. The first-order chi connectivity index (χ1) is 9.90. The zero-order chi connectivity index (χ0) is 15.3. The molecule has 1 heterocycles. The Hall–Kier alpha value is -2.04. The summed E-state index contributed by atoms with van der Waals surface area (Å²) in [5.74, 6) is -3.25. The van der Waals surface area contributed by atoms with Gasteiger partial charge in [-0.05, 0) is 38.8 Å². The fourth-order valence-electron chi connectivity index (χ4n) is 3.15. The van der Waals surface area contributed by atoms with Crippen molar-refractivity contribution in [2.45, 2.75) is 26.7 Å². The number of anilines is 1. The van der Waals surface area contributed by atoms with E-state index in [0.717, 1.165) is 28.2 Å². The average Bonchev–Trinajstić information content (AvgIpc) is 2.64. The van der Waals surface area contributed by atoms with Crippen LogP contribution in [0, 0.1) is 23.5 Å². The number of allylic oxidation sites excluding steroid dienone is 2. The molecule has 21 heavy (non-hydrogen) atoms. The number of hydrogen-bond acceptors (Lipinski definition) is 2. The van der Waals surface area contributed by atoms with E-state index in [0.29, 0.717) is 18.9 Å². The van der Waals surface area contributed by atoms with Crippen molar-refractivity contribution in [1.29, 1.82) is 0 Å². The zero-order valence-electron chi connectivity index (χ0n) is 11.8. The maximum atomic E-state index is 13.9. The third kappa shape index (κ3) is 2.07. The molecule has 0 bridgehead atoms. The SMILES string of the molecule is CC1=C(C)C[C@H]2C(=O)N(c3ccc(F)cc3F)C(=O)[C@@H]2C1. The molecule has 3 rings (SSSR count). The van der Waals surface area contributed by atoms with Crippen LogP contribution in [-0.4, -0.2) is 11.8 Å². The lowest BCUT2D eigenvalue weighted by Gasteiger charge is -2.23. The Balaban J connectivity index is 2.00. The highest BCUT2D eigenvalue weighted by molar-refractivity contribution is 6.22. The molecule has 0 radical (unpaired) electrons. The second-order valence-corrected chi connectivity index (χ2v) is 5.79. The van der Waals surface area contributed by atoms with Crippen molar-refractivity contribution in [3.05, 3.63) is 41.0 Å². The molecule has 3 nitrogen and oxygen atoms in total.